The van der Waals surface area contributed by atoms with Crippen molar-refractivity contribution in [2.24, 2.45) is 18.4 Å². The highest BCUT2D eigenvalue weighted by Gasteiger charge is 2.53. The van der Waals surface area contributed by atoms with Crippen LogP contribution in [0.15, 0.2) is 29.9 Å². The third-order valence-electron chi connectivity index (χ3n) is 5.44. The summed E-state index contributed by atoms with van der Waals surface area (Å²) in [6, 6.07) is 0.108. The van der Waals surface area contributed by atoms with Gasteiger partial charge in [0.05, 0.1) is 19.0 Å². The quantitative estimate of drug-likeness (QED) is 0.774. The molecule has 0 radical (unpaired) electrons. The van der Waals surface area contributed by atoms with Gasteiger partial charge in [0.1, 0.15) is 0 Å². The second-order valence-corrected chi connectivity index (χ2v) is 8.87. The molecule has 2 aromatic heterocycles. The number of halogens is 1. The lowest BCUT2D eigenvalue weighted by Gasteiger charge is -2.28. The summed E-state index contributed by atoms with van der Waals surface area (Å²) >= 11 is 0. The van der Waals surface area contributed by atoms with Gasteiger partial charge in [-0.1, -0.05) is 6.42 Å². The molecule has 1 saturated heterocycles. The van der Waals surface area contributed by atoms with Crippen LogP contribution in [0.1, 0.15) is 19.3 Å². The zero-order chi connectivity index (χ0) is 18.4. The van der Waals surface area contributed by atoms with Gasteiger partial charge >= 0.3 is 6.01 Å². The fraction of sp³-hybridized carbons (Fsp3) is 0.562. The Morgan fingerprint density at radius 3 is 2.81 bits per heavy atom. The molecule has 0 amide bonds. The molecule has 4 rings (SSSR count). The van der Waals surface area contributed by atoms with Gasteiger partial charge in [0.15, 0.2) is 5.82 Å². The highest BCUT2D eigenvalue weighted by molar-refractivity contribution is 7.89. The Bertz CT molecular complexity index is 901. The number of imidazole rings is 1. The fourth-order valence-corrected chi connectivity index (χ4v) is 5.74. The van der Waals surface area contributed by atoms with E-state index in [1.165, 1.54) is 15.1 Å². The molecule has 26 heavy (non-hydrogen) atoms. The standard InChI is InChI=1S/C16H20FN5O3S/c1-21-6-5-18-15(21)26(23,24)22-9-12-3-2-4-16(12,10-22)11-25-14-19-7-13(17)8-20-14/h5-8,12H,2-4,9-11H2,1H3. The number of rotatable bonds is 5. The first-order chi connectivity index (χ1) is 12.4. The Morgan fingerprint density at radius 1 is 1.35 bits per heavy atom. The predicted molar refractivity (Wildman–Crippen MR) is 89.2 cm³/mol. The number of sulfonamides is 1. The van der Waals surface area contributed by atoms with Crippen LogP contribution in [0.2, 0.25) is 0 Å². The van der Waals surface area contributed by atoms with Gasteiger partial charge in [-0.3, -0.25) is 0 Å². The van der Waals surface area contributed by atoms with Crippen LogP contribution in [0.5, 0.6) is 6.01 Å². The lowest BCUT2D eigenvalue weighted by Crippen LogP contribution is -2.36. The van der Waals surface area contributed by atoms with Gasteiger partial charge in [0.25, 0.3) is 10.0 Å². The van der Waals surface area contributed by atoms with Crippen LogP contribution in [0, 0.1) is 17.2 Å². The summed E-state index contributed by atoms with van der Waals surface area (Å²) in [6.45, 7) is 1.16. The molecule has 2 unspecified atom stereocenters. The third-order valence-corrected chi connectivity index (χ3v) is 7.25. The maximum absolute atomic E-state index is 12.9. The molecule has 8 nitrogen and oxygen atoms in total. The molecule has 2 fully saturated rings. The fourth-order valence-electron chi connectivity index (χ4n) is 4.08. The van der Waals surface area contributed by atoms with Crippen LogP contribution in [-0.2, 0) is 17.1 Å². The topological polar surface area (TPSA) is 90.2 Å². The van der Waals surface area contributed by atoms with E-state index < -0.39 is 15.8 Å². The average Bonchev–Trinajstić information content (AvgIpc) is 3.28. The summed E-state index contributed by atoms with van der Waals surface area (Å²) in [4.78, 5) is 11.6. The SMILES string of the molecule is Cn1ccnc1S(=O)(=O)N1CC2CCCC2(COc2ncc(F)cn2)C1. The Labute approximate surface area is 151 Å². The minimum atomic E-state index is -3.65. The molecule has 0 bridgehead atoms. The van der Waals surface area contributed by atoms with Crippen molar-refractivity contribution in [3.8, 4) is 6.01 Å². The molecular formula is C16H20FN5O3S. The number of hydrogen-bond donors (Lipinski definition) is 0. The van der Waals surface area contributed by atoms with E-state index in [4.69, 9.17) is 4.74 Å². The molecule has 2 aliphatic rings. The van der Waals surface area contributed by atoms with E-state index in [0.717, 1.165) is 31.7 Å². The van der Waals surface area contributed by atoms with Crippen LogP contribution < -0.4 is 4.74 Å². The van der Waals surface area contributed by atoms with Gasteiger partial charge in [-0.25, -0.2) is 27.8 Å². The van der Waals surface area contributed by atoms with Crippen molar-refractivity contribution in [1.82, 2.24) is 23.8 Å². The van der Waals surface area contributed by atoms with Gasteiger partial charge in [0, 0.05) is 37.9 Å². The summed E-state index contributed by atoms with van der Waals surface area (Å²) in [7, 11) is -1.98. The molecule has 1 aliphatic carbocycles. The van der Waals surface area contributed by atoms with Crippen molar-refractivity contribution in [2.45, 2.75) is 24.4 Å². The van der Waals surface area contributed by atoms with Crippen molar-refractivity contribution >= 4 is 10.0 Å². The number of nitrogens with zero attached hydrogens (tertiary/aromatic N) is 5. The largest absolute Gasteiger partial charge is 0.463 e. The monoisotopic (exact) mass is 381 g/mol. The van der Waals surface area contributed by atoms with Crippen LogP contribution in [0.25, 0.3) is 0 Å². The van der Waals surface area contributed by atoms with E-state index in [-0.39, 0.29) is 22.5 Å². The van der Waals surface area contributed by atoms with Crippen LogP contribution in [0.4, 0.5) is 4.39 Å². The predicted octanol–water partition coefficient (Wildman–Crippen LogP) is 1.22. The number of fused-ring (bicyclic) bond motifs is 1. The van der Waals surface area contributed by atoms with Gasteiger partial charge in [0.2, 0.25) is 5.16 Å². The van der Waals surface area contributed by atoms with Gasteiger partial charge in [-0.15, -0.1) is 0 Å². The lowest BCUT2D eigenvalue weighted by atomic mass is 9.82. The van der Waals surface area contributed by atoms with E-state index in [2.05, 4.69) is 15.0 Å². The second kappa shape index (κ2) is 6.27. The smallest absolute Gasteiger partial charge is 0.316 e. The lowest BCUT2D eigenvalue weighted by molar-refractivity contribution is 0.125. The first-order valence-electron chi connectivity index (χ1n) is 8.49. The van der Waals surface area contributed by atoms with Crippen molar-refractivity contribution < 1.29 is 17.5 Å². The molecule has 0 aromatic carbocycles. The van der Waals surface area contributed by atoms with E-state index in [1.807, 2.05) is 0 Å². The maximum Gasteiger partial charge on any atom is 0.316 e. The molecule has 1 saturated carbocycles. The summed E-state index contributed by atoms with van der Waals surface area (Å²) in [5.41, 5.74) is -0.268. The molecule has 1 aliphatic heterocycles. The normalized spacial score (nSPS) is 26.2. The van der Waals surface area contributed by atoms with E-state index in [1.54, 1.807) is 13.2 Å². The molecule has 2 atom stereocenters. The summed E-state index contributed by atoms with van der Waals surface area (Å²) < 4.78 is 47.5. The highest BCUT2D eigenvalue weighted by atomic mass is 32.2. The summed E-state index contributed by atoms with van der Waals surface area (Å²) in [5.74, 6) is -0.305. The first-order valence-corrected chi connectivity index (χ1v) is 9.93. The Balaban J connectivity index is 1.53. The molecule has 10 heteroatoms. The van der Waals surface area contributed by atoms with Crippen molar-refractivity contribution in [3.05, 3.63) is 30.6 Å². The van der Waals surface area contributed by atoms with Crippen molar-refractivity contribution in [3.63, 3.8) is 0 Å². The third kappa shape index (κ3) is 2.86. The van der Waals surface area contributed by atoms with E-state index >= 15 is 0 Å². The van der Waals surface area contributed by atoms with Crippen molar-refractivity contribution in [2.75, 3.05) is 19.7 Å². The Kier molecular flexibility index (Phi) is 4.19. The zero-order valence-corrected chi connectivity index (χ0v) is 15.2. The van der Waals surface area contributed by atoms with Crippen molar-refractivity contribution in [1.29, 1.82) is 0 Å². The maximum atomic E-state index is 12.9. The summed E-state index contributed by atoms with van der Waals surface area (Å²) in [5, 5.41) is 0.0513. The van der Waals surface area contributed by atoms with E-state index in [9.17, 15) is 12.8 Å². The van der Waals surface area contributed by atoms with Gasteiger partial charge < -0.3 is 9.30 Å². The van der Waals surface area contributed by atoms with Crippen LogP contribution in [-0.4, -0.2) is 51.9 Å². The highest BCUT2D eigenvalue weighted by Crippen LogP contribution is 2.49. The minimum absolute atomic E-state index is 0.0513. The van der Waals surface area contributed by atoms with Crippen LogP contribution >= 0.6 is 0 Å². The number of hydrogen-bond acceptors (Lipinski definition) is 6. The van der Waals surface area contributed by atoms with Gasteiger partial charge in [-0.2, -0.15) is 4.31 Å². The number of ether oxygens (including phenoxy) is 1. The molecular weight excluding hydrogens is 361 g/mol. The average molecular weight is 381 g/mol. The first kappa shape index (κ1) is 17.3. The molecule has 0 spiro atoms. The second-order valence-electron chi connectivity index (χ2n) is 7.04. The Hall–Kier alpha value is -2.07. The Morgan fingerprint density at radius 2 is 2.12 bits per heavy atom. The van der Waals surface area contributed by atoms with Crippen LogP contribution in [0.3, 0.4) is 0 Å². The van der Waals surface area contributed by atoms with E-state index in [0.29, 0.717) is 19.7 Å². The molecule has 2 aromatic rings. The summed E-state index contributed by atoms with van der Waals surface area (Å²) in [6.07, 6.45) is 8.08. The number of aromatic nitrogens is 4. The van der Waals surface area contributed by atoms with Gasteiger partial charge in [-0.05, 0) is 18.8 Å². The molecule has 0 N–H and O–H groups in total. The minimum Gasteiger partial charge on any atom is -0.463 e. The number of aryl methyl sites for hydroxylation is 1. The zero-order valence-electron chi connectivity index (χ0n) is 14.4. The molecule has 140 valence electrons. The molecule has 3 heterocycles.